The molecule has 124 valence electrons. The second kappa shape index (κ2) is 6.21. The van der Waals surface area contributed by atoms with E-state index < -0.39 is 0 Å². The van der Waals surface area contributed by atoms with Crippen LogP contribution >= 0.6 is 23.8 Å². The molecule has 1 aromatic carbocycles. The average molecular weight is 353 g/mol. The minimum absolute atomic E-state index is 0.245. The van der Waals surface area contributed by atoms with Gasteiger partial charge < -0.3 is 10.2 Å². The minimum atomic E-state index is -0.245. The number of hydrogen-bond donors (Lipinski definition) is 1. The Hall–Kier alpha value is -0.870. The van der Waals surface area contributed by atoms with Gasteiger partial charge in [-0.1, -0.05) is 24.1 Å². The topological polar surface area (TPSA) is 15.3 Å². The van der Waals surface area contributed by atoms with Crippen LogP contribution in [0.15, 0.2) is 18.2 Å². The van der Waals surface area contributed by atoms with E-state index in [0.717, 1.165) is 29.8 Å². The Kier molecular flexibility index (Phi) is 4.22. The summed E-state index contributed by atoms with van der Waals surface area (Å²) in [6.45, 7) is 0.461. The SMILES string of the molecule is Fc1cccc(Cl)c1CN(C(=S)N[C@H]1C[C@H]2CC[C@H]1C2)C1CC1. The van der Waals surface area contributed by atoms with Crippen molar-refractivity contribution in [2.24, 2.45) is 11.8 Å². The van der Waals surface area contributed by atoms with Crippen LogP contribution in [-0.4, -0.2) is 22.1 Å². The lowest BCUT2D eigenvalue weighted by Crippen LogP contribution is -2.47. The van der Waals surface area contributed by atoms with Crippen molar-refractivity contribution in [3.8, 4) is 0 Å². The van der Waals surface area contributed by atoms with Gasteiger partial charge in [0.05, 0.1) is 0 Å². The highest BCUT2D eigenvalue weighted by atomic mass is 35.5. The van der Waals surface area contributed by atoms with E-state index in [2.05, 4.69) is 10.2 Å². The van der Waals surface area contributed by atoms with Crippen LogP contribution in [0, 0.1) is 17.7 Å². The van der Waals surface area contributed by atoms with Crippen molar-refractivity contribution in [2.75, 3.05) is 0 Å². The zero-order chi connectivity index (χ0) is 16.0. The molecule has 3 aliphatic rings. The standard InChI is InChI=1S/C18H22ClFN2S/c19-15-2-1-3-16(20)14(15)10-22(13-6-7-13)18(23)21-17-9-11-4-5-12(17)8-11/h1-3,11-13,17H,4-10H2,(H,21,23)/t11-,12-,17-/m0/s1. The molecule has 1 aromatic rings. The van der Waals surface area contributed by atoms with E-state index in [-0.39, 0.29) is 5.82 Å². The van der Waals surface area contributed by atoms with Crippen molar-refractivity contribution in [1.29, 1.82) is 0 Å². The number of fused-ring (bicyclic) bond motifs is 2. The van der Waals surface area contributed by atoms with Crippen LogP contribution < -0.4 is 5.32 Å². The molecule has 0 heterocycles. The predicted molar refractivity (Wildman–Crippen MR) is 94.9 cm³/mol. The highest BCUT2D eigenvalue weighted by molar-refractivity contribution is 7.80. The van der Waals surface area contributed by atoms with Crippen molar-refractivity contribution >= 4 is 28.9 Å². The summed E-state index contributed by atoms with van der Waals surface area (Å²) in [5.41, 5.74) is 0.554. The Balaban J connectivity index is 1.46. The lowest BCUT2D eigenvalue weighted by Gasteiger charge is -2.31. The molecular weight excluding hydrogens is 331 g/mol. The molecule has 0 aromatic heterocycles. The fraction of sp³-hybridized carbons (Fsp3) is 0.611. The van der Waals surface area contributed by atoms with Gasteiger partial charge in [0.2, 0.25) is 0 Å². The number of hydrogen-bond acceptors (Lipinski definition) is 1. The summed E-state index contributed by atoms with van der Waals surface area (Å²) >= 11 is 11.9. The van der Waals surface area contributed by atoms with Crippen molar-refractivity contribution in [3.63, 3.8) is 0 Å². The molecule has 4 rings (SSSR count). The molecule has 23 heavy (non-hydrogen) atoms. The zero-order valence-corrected chi connectivity index (χ0v) is 14.7. The van der Waals surface area contributed by atoms with Gasteiger partial charge in [-0.05, 0) is 68.3 Å². The maximum Gasteiger partial charge on any atom is 0.169 e. The zero-order valence-electron chi connectivity index (χ0n) is 13.1. The lowest BCUT2D eigenvalue weighted by atomic mass is 9.95. The monoisotopic (exact) mass is 352 g/mol. The Morgan fingerprint density at radius 1 is 1.26 bits per heavy atom. The average Bonchev–Trinajstić information content (AvgIpc) is 3.14. The van der Waals surface area contributed by atoms with Gasteiger partial charge in [0, 0.05) is 29.2 Å². The van der Waals surface area contributed by atoms with E-state index in [1.165, 1.54) is 31.7 Å². The van der Waals surface area contributed by atoms with Gasteiger partial charge in [0.1, 0.15) is 5.82 Å². The van der Waals surface area contributed by atoms with Crippen molar-refractivity contribution in [2.45, 2.75) is 57.2 Å². The Morgan fingerprint density at radius 3 is 2.70 bits per heavy atom. The largest absolute Gasteiger partial charge is 0.360 e. The first-order chi connectivity index (χ1) is 11.1. The van der Waals surface area contributed by atoms with Gasteiger partial charge in [-0.3, -0.25) is 0 Å². The maximum atomic E-state index is 14.1. The molecule has 1 N–H and O–H groups in total. The molecule has 3 atom stereocenters. The van der Waals surface area contributed by atoms with Crippen LogP contribution in [0.4, 0.5) is 4.39 Å². The maximum absolute atomic E-state index is 14.1. The molecule has 3 fully saturated rings. The summed E-state index contributed by atoms with van der Waals surface area (Å²) in [4.78, 5) is 2.14. The van der Waals surface area contributed by atoms with Crippen molar-refractivity contribution < 1.29 is 4.39 Å². The van der Waals surface area contributed by atoms with Crippen LogP contribution in [0.3, 0.4) is 0 Å². The molecule has 3 aliphatic carbocycles. The van der Waals surface area contributed by atoms with E-state index in [0.29, 0.717) is 29.2 Å². The van der Waals surface area contributed by atoms with Crippen LogP contribution in [0.5, 0.6) is 0 Å². The predicted octanol–water partition coefficient (Wildman–Crippen LogP) is 4.51. The third-order valence-corrected chi connectivity index (χ3v) is 6.39. The fourth-order valence-electron chi connectivity index (χ4n) is 4.27. The van der Waals surface area contributed by atoms with E-state index in [1.807, 2.05) is 0 Å². The van der Waals surface area contributed by atoms with E-state index in [1.54, 1.807) is 12.1 Å². The van der Waals surface area contributed by atoms with Crippen LogP contribution in [-0.2, 0) is 6.54 Å². The molecule has 3 saturated carbocycles. The number of thiocarbonyl (C=S) groups is 1. The number of benzene rings is 1. The first kappa shape index (κ1) is 15.6. The molecule has 2 nitrogen and oxygen atoms in total. The summed E-state index contributed by atoms with van der Waals surface area (Å²) in [6, 6.07) is 5.81. The second-order valence-electron chi connectivity index (χ2n) is 7.29. The fourth-order valence-corrected chi connectivity index (χ4v) is 4.86. The van der Waals surface area contributed by atoms with E-state index >= 15 is 0 Å². The Bertz CT molecular complexity index is 599. The molecule has 0 saturated heterocycles. The Morgan fingerprint density at radius 2 is 2.09 bits per heavy atom. The molecule has 0 amide bonds. The van der Waals surface area contributed by atoms with Gasteiger partial charge in [0.25, 0.3) is 0 Å². The van der Waals surface area contributed by atoms with Gasteiger partial charge in [-0.15, -0.1) is 0 Å². The number of halogens is 2. The third kappa shape index (κ3) is 3.20. The van der Waals surface area contributed by atoms with Crippen molar-refractivity contribution in [1.82, 2.24) is 10.2 Å². The molecule has 0 unspecified atom stereocenters. The van der Waals surface area contributed by atoms with Gasteiger partial charge in [0.15, 0.2) is 5.11 Å². The molecule has 2 bridgehead atoms. The van der Waals surface area contributed by atoms with Gasteiger partial charge in [-0.25, -0.2) is 4.39 Å². The summed E-state index contributed by atoms with van der Waals surface area (Å²) in [5.74, 6) is 1.41. The molecule has 0 spiro atoms. The van der Waals surface area contributed by atoms with Gasteiger partial charge >= 0.3 is 0 Å². The molecule has 0 aliphatic heterocycles. The number of nitrogens with one attached hydrogen (secondary N) is 1. The highest BCUT2D eigenvalue weighted by Gasteiger charge is 2.41. The summed E-state index contributed by atoms with van der Waals surface area (Å²) in [6.07, 6.45) is 7.56. The highest BCUT2D eigenvalue weighted by Crippen LogP contribution is 2.44. The lowest BCUT2D eigenvalue weighted by molar-refractivity contribution is 0.347. The first-order valence-electron chi connectivity index (χ1n) is 8.62. The quantitative estimate of drug-likeness (QED) is 0.803. The summed E-state index contributed by atoms with van der Waals surface area (Å²) in [7, 11) is 0. The number of nitrogens with zero attached hydrogens (tertiary/aromatic N) is 1. The second-order valence-corrected chi connectivity index (χ2v) is 8.08. The van der Waals surface area contributed by atoms with Crippen LogP contribution in [0.1, 0.15) is 44.1 Å². The van der Waals surface area contributed by atoms with E-state index in [9.17, 15) is 4.39 Å². The molecule has 5 heteroatoms. The third-order valence-electron chi connectivity index (χ3n) is 5.69. The molecule has 0 radical (unpaired) electrons. The van der Waals surface area contributed by atoms with E-state index in [4.69, 9.17) is 23.8 Å². The van der Waals surface area contributed by atoms with Crippen molar-refractivity contribution in [3.05, 3.63) is 34.6 Å². The van der Waals surface area contributed by atoms with Gasteiger partial charge in [-0.2, -0.15) is 0 Å². The van der Waals surface area contributed by atoms with Crippen LogP contribution in [0.25, 0.3) is 0 Å². The molecular formula is C18H22ClFN2S. The number of rotatable bonds is 4. The summed E-state index contributed by atoms with van der Waals surface area (Å²) in [5, 5.41) is 4.85. The normalized spacial score (nSPS) is 28.9. The first-order valence-corrected chi connectivity index (χ1v) is 9.40. The minimum Gasteiger partial charge on any atom is -0.360 e. The summed E-state index contributed by atoms with van der Waals surface area (Å²) < 4.78 is 14.1. The Labute approximate surface area is 147 Å². The smallest absolute Gasteiger partial charge is 0.169 e. The van der Waals surface area contributed by atoms with Crippen LogP contribution in [0.2, 0.25) is 5.02 Å².